The average Bonchev–Trinajstić information content (AvgIpc) is 2.34. The quantitative estimate of drug-likeness (QED) is 0.832. The van der Waals surface area contributed by atoms with Crippen LogP contribution in [0, 0.1) is 5.92 Å². The molecular weight excluding hydrogens is 265 g/mol. The maximum absolute atomic E-state index is 12.7. The molecule has 0 heterocycles. The number of alkyl halides is 3. The van der Waals surface area contributed by atoms with Gasteiger partial charge in [-0.3, -0.25) is 4.90 Å². The minimum atomic E-state index is -4.28. The third-order valence-corrected chi connectivity index (χ3v) is 2.96. The number of hydrogen-bond donors (Lipinski definition) is 1. The molecule has 1 aromatic carbocycles. The Hall–Kier alpha value is -1.07. The molecule has 1 aromatic rings. The van der Waals surface area contributed by atoms with E-state index in [1.54, 1.807) is 6.07 Å². The predicted molar refractivity (Wildman–Crippen MR) is 75.2 cm³/mol. The molecule has 20 heavy (non-hydrogen) atoms. The molecule has 0 aliphatic carbocycles. The molecule has 0 aromatic heterocycles. The minimum absolute atomic E-state index is 0.471. The number of nitrogens with zero attached hydrogens (tertiary/aromatic N) is 1. The second-order valence-electron chi connectivity index (χ2n) is 5.47. The number of benzene rings is 1. The zero-order chi connectivity index (χ0) is 15.2. The lowest BCUT2D eigenvalue weighted by molar-refractivity contribution is -0.137. The van der Waals surface area contributed by atoms with E-state index in [0.717, 1.165) is 25.6 Å². The van der Waals surface area contributed by atoms with Crippen molar-refractivity contribution in [3.63, 3.8) is 0 Å². The summed E-state index contributed by atoms with van der Waals surface area (Å²) in [4.78, 5) is 2.16. The normalized spacial score (nSPS) is 12.4. The van der Waals surface area contributed by atoms with Gasteiger partial charge in [0.1, 0.15) is 0 Å². The van der Waals surface area contributed by atoms with Crippen LogP contribution in [-0.2, 0) is 12.7 Å². The van der Waals surface area contributed by atoms with Gasteiger partial charge in [-0.2, -0.15) is 13.2 Å². The van der Waals surface area contributed by atoms with Crippen molar-refractivity contribution in [2.75, 3.05) is 19.6 Å². The molecular formula is C15H23F3N2. The Morgan fingerprint density at radius 3 is 2.50 bits per heavy atom. The van der Waals surface area contributed by atoms with Crippen molar-refractivity contribution in [2.24, 2.45) is 11.7 Å². The summed E-state index contributed by atoms with van der Waals surface area (Å²) in [6.07, 6.45) is -3.43. The van der Waals surface area contributed by atoms with E-state index < -0.39 is 11.7 Å². The topological polar surface area (TPSA) is 29.3 Å². The molecule has 5 heteroatoms. The molecule has 0 aliphatic heterocycles. The summed E-state index contributed by atoms with van der Waals surface area (Å²) in [7, 11) is 0. The highest BCUT2D eigenvalue weighted by atomic mass is 19.4. The molecule has 2 N–H and O–H groups in total. The highest BCUT2D eigenvalue weighted by Gasteiger charge is 2.30. The largest absolute Gasteiger partial charge is 0.416 e. The standard InChI is InChI=1S/C15H23F3N2/c1-12(2)10-20(8-4-7-19)11-13-5-3-6-14(9-13)15(16,17)18/h3,5-6,9,12H,4,7-8,10-11,19H2,1-2H3. The van der Waals surface area contributed by atoms with Crippen molar-refractivity contribution >= 4 is 0 Å². The summed E-state index contributed by atoms with van der Waals surface area (Å²) in [5.41, 5.74) is 5.61. The van der Waals surface area contributed by atoms with E-state index in [1.165, 1.54) is 12.1 Å². The number of rotatable bonds is 7. The van der Waals surface area contributed by atoms with Gasteiger partial charge in [0.05, 0.1) is 5.56 Å². The molecule has 0 saturated carbocycles. The van der Waals surface area contributed by atoms with Crippen molar-refractivity contribution in [3.05, 3.63) is 35.4 Å². The summed E-state index contributed by atoms with van der Waals surface area (Å²) < 4.78 is 38.1. The summed E-state index contributed by atoms with van der Waals surface area (Å²) in [6.45, 7) is 6.99. The molecule has 0 radical (unpaired) electrons. The molecule has 0 bridgehead atoms. The number of nitrogens with two attached hydrogens (primary N) is 1. The van der Waals surface area contributed by atoms with Crippen molar-refractivity contribution in [3.8, 4) is 0 Å². The van der Waals surface area contributed by atoms with E-state index in [9.17, 15) is 13.2 Å². The van der Waals surface area contributed by atoms with E-state index in [2.05, 4.69) is 18.7 Å². The van der Waals surface area contributed by atoms with Gasteiger partial charge >= 0.3 is 6.18 Å². The molecule has 114 valence electrons. The third-order valence-electron chi connectivity index (χ3n) is 2.96. The van der Waals surface area contributed by atoms with Crippen LogP contribution < -0.4 is 5.73 Å². The number of hydrogen-bond acceptors (Lipinski definition) is 2. The molecule has 0 saturated heterocycles. The lowest BCUT2D eigenvalue weighted by Crippen LogP contribution is -2.29. The van der Waals surface area contributed by atoms with Gasteiger partial charge in [-0.15, -0.1) is 0 Å². The summed E-state index contributed by atoms with van der Waals surface area (Å²) in [5.74, 6) is 0.471. The SMILES string of the molecule is CC(C)CN(CCCN)Cc1cccc(C(F)(F)F)c1. The van der Waals surface area contributed by atoms with Crippen LogP contribution >= 0.6 is 0 Å². The first-order valence-electron chi connectivity index (χ1n) is 6.91. The maximum atomic E-state index is 12.7. The van der Waals surface area contributed by atoms with Crippen LogP contribution in [0.1, 0.15) is 31.4 Å². The maximum Gasteiger partial charge on any atom is 0.416 e. The van der Waals surface area contributed by atoms with Gasteiger partial charge in [0, 0.05) is 13.1 Å². The highest BCUT2D eigenvalue weighted by Crippen LogP contribution is 2.29. The summed E-state index contributed by atoms with van der Waals surface area (Å²) in [6, 6.07) is 5.55. The Morgan fingerprint density at radius 2 is 1.95 bits per heavy atom. The van der Waals surface area contributed by atoms with Crippen LogP contribution in [0.5, 0.6) is 0 Å². The molecule has 0 atom stereocenters. The fourth-order valence-corrected chi connectivity index (χ4v) is 2.17. The molecule has 1 rings (SSSR count). The molecule has 0 aliphatic rings. The Kier molecular flexibility index (Phi) is 6.49. The lowest BCUT2D eigenvalue weighted by Gasteiger charge is -2.24. The molecule has 0 spiro atoms. The van der Waals surface area contributed by atoms with Gasteiger partial charge in [0.25, 0.3) is 0 Å². The highest BCUT2D eigenvalue weighted by molar-refractivity contribution is 5.25. The van der Waals surface area contributed by atoms with Crippen LogP contribution in [0.15, 0.2) is 24.3 Å². The van der Waals surface area contributed by atoms with Crippen LogP contribution in [0.4, 0.5) is 13.2 Å². The third kappa shape index (κ3) is 5.92. The Bertz CT molecular complexity index is 402. The number of halogens is 3. The van der Waals surface area contributed by atoms with Gasteiger partial charge in [0.15, 0.2) is 0 Å². The van der Waals surface area contributed by atoms with E-state index in [4.69, 9.17) is 5.73 Å². The fraction of sp³-hybridized carbons (Fsp3) is 0.600. The van der Waals surface area contributed by atoms with Gasteiger partial charge in [0.2, 0.25) is 0 Å². The van der Waals surface area contributed by atoms with E-state index in [-0.39, 0.29) is 0 Å². The average molecular weight is 288 g/mol. The zero-order valence-corrected chi connectivity index (χ0v) is 12.1. The van der Waals surface area contributed by atoms with Gasteiger partial charge in [-0.25, -0.2) is 0 Å². The fourth-order valence-electron chi connectivity index (χ4n) is 2.17. The Labute approximate surface area is 118 Å². The predicted octanol–water partition coefficient (Wildman–Crippen LogP) is 3.51. The summed E-state index contributed by atoms with van der Waals surface area (Å²) >= 11 is 0. The lowest BCUT2D eigenvalue weighted by atomic mass is 10.1. The first-order chi connectivity index (χ1) is 9.32. The van der Waals surface area contributed by atoms with E-state index in [0.29, 0.717) is 24.6 Å². The van der Waals surface area contributed by atoms with Crippen molar-refractivity contribution in [1.29, 1.82) is 0 Å². The second-order valence-corrected chi connectivity index (χ2v) is 5.47. The van der Waals surface area contributed by atoms with Crippen LogP contribution in [0.3, 0.4) is 0 Å². The minimum Gasteiger partial charge on any atom is -0.330 e. The van der Waals surface area contributed by atoms with Crippen LogP contribution in [0.2, 0.25) is 0 Å². The molecule has 0 fully saturated rings. The van der Waals surface area contributed by atoms with Gasteiger partial charge in [-0.05, 0) is 37.1 Å². The smallest absolute Gasteiger partial charge is 0.330 e. The van der Waals surface area contributed by atoms with E-state index in [1.807, 2.05) is 0 Å². The van der Waals surface area contributed by atoms with Gasteiger partial charge < -0.3 is 5.73 Å². The van der Waals surface area contributed by atoms with Crippen LogP contribution in [0.25, 0.3) is 0 Å². The van der Waals surface area contributed by atoms with Crippen molar-refractivity contribution in [2.45, 2.75) is 33.0 Å². The zero-order valence-electron chi connectivity index (χ0n) is 12.1. The first kappa shape index (κ1) is 17.0. The molecule has 0 unspecified atom stereocenters. The van der Waals surface area contributed by atoms with E-state index >= 15 is 0 Å². The Morgan fingerprint density at radius 1 is 1.25 bits per heavy atom. The second kappa shape index (κ2) is 7.64. The van der Waals surface area contributed by atoms with Crippen LogP contribution in [-0.4, -0.2) is 24.5 Å². The summed E-state index contributed by atoms with van der Waals surface area (Å²) in [5, 5.41) is 0. The molecule has 2 nitrogen and oxygen atoms in total. The van der Waals surface area contributed by atoms with Gasteiger partial charge in [-0.1, -0.05) is 32.0 Å². The van der Waals surface area contributed by atoms with Crippen molar-refractivity contribution in [1.82, 2.24) is 4.90 Å². The Balaban J connectivity index is 2.77. The van der Waals surface area contributed by atoms with Crippen molar-refractivity contribution < 1.29 is 13.2 Å². The molecule has 0 amide bonds. The first-order valence-corrected chi connectivity index (χ1v) is 6.91. The monoisotopic (exact) mass is 288 g/mol.